The first-order chi connectivity index (χ1) is 6.13. The van der Waals surface area contributed by atoms with Gasteiger partial charge in [-0.1, -0.05) is 6.92 Å². The summed E-state index contributed by atoms with van der Waals surface area (Å²) in [5.41, 5.74) is -0.505. The lowest BCUT2D eigenvalue weighted by Crippen LogP contribution is -2.03. The Kier molecular flexibility index (Phi) is 3.25. The molecule has 1 N–H and O–H groups in total. The van der Waals surface area contributed by atoms with Crippen molar-refractivity contribution in [1.82, 2.24) is 0 Å². The standard InChI is InChI=1S/C8H10O4S/c1-2-13(11)5-6-3-7(9)8(10)4-12-6/h3-4,10H,2,5H2,1H3. The number of hydrogen-bond donors (Lipinski definition) is 1. The average molecular weight is 202 g/mol. The van der Waals surface area contributed by atoms with Gasteiger partial charge in [0.2, 0.25) is 5.43 Å². The van der Waals surface area contributed by atoms with E-state index in [1.54, 1.807) is 6.92 Å². The molecular weight excluding hydrogens is 192 g/mol. The molecule has 1 aromatic heterocycles. The van der Waals surface area contributed by atoms with E-state index in [9.17, 15) is 9.00 Å². The summed E-state index contributed by atoms with van der Waals surface area (Å²) in [7, 11) is -1.01. The first-order valence-corrected chi connectivity index (χ1v) is 5.28. The fraction of sp³-hybridized carbons (Fsp3) is 0.375. The van der Waals surface area contributed by atoms with Crippen LogP contribution in [0.5, 0.6) is 5.75 Å². The largest absolute Gasteiger partial charge is 0.502 e. The van der Waals surface area contributed by atoms with E-state index in [0.29, 0.717) is 11.5 Å². The lowest BCUT2D eigenvalue weighted by atomic mass is 10.4. The third-order valence-electron chi connectivity index (χ3n) is 1.49. The Morgan fingerprint density at radius 1 is 1.62 bits per heavy atom. The Hall–Kier alpha value is -1.10. The molecule has 0 fully saturated rings. The monoisotopic (exact) mass is 202 g/mol. The van der Waals surface area contributed by atoms with Crippen molar-refractivity contribution >= 4 is 10.8 Å². The van der Waals surface area contributed by atoms with Gasteiger partial charge in [-0.05, 0) is 0 Å². The van der Waals surface area contributed by atoms with Crippen molar-refractivity contribution in [3.05, 3.63) is 28.3 Å². The number of rotatable bonds is 3. The van der Waals surface area contributed by atoms with E-state index in [4.69, 9.17) is 9.52 Å². The molecule has 72 valence electrons. The van der Waals surface area contributed by atoms with Crippen LogP contribution in [0.2, 0.25) is 0 Å². The summed E-state index contributed by atoms with van der Waals surface area (Å²) < 4.78 is 15.9. The van der Waals surface area contributed by atoms with Crippen LogP contribution >= 0.6 is 0 Å². The first kappa shape index (κ1) is 9.98. The van der Waals surface area contributed by atoms with E-state index in [1.807, 2.05) is 0 Å². The van der Waals surface area contributed by atoms with Crippen LogP contribution in [0.25, 0.3) is 0 Å². The minimum Gasteiger partial charge on any atom is -0.502 e. The molecule has 0 saturated carbocycles. The number of hydrogen-bond acceptors (Lipinski definition) is 4. The third kappa shape index (κ3) is 2.69. The van der Waals surface area contributed by atoms with Crippen molar-refractivity contribution in [1.29, 1.82) is 0 Å². The molecule has 5 heteroatoms. The molecule has 0 aliphatic carbocycles. The van der Waals surface area contributed by atoms with Crippen LogP contribution in [-0.2, 0) is 16.6 Å². The Morgan fingerprint density at radius 2 is 2.31 bits per heavy atom. The predicted octanol–water partition coefficient (Wildman–Crippen LogP) is 0.614. The van der Waals surface area contributed by atoms with Crippen molar-refractivity contribution in [2.45, 2.75) is 12.7 Å². The summed E-state index contributed by atoms with van der Waals surface area (Å²) in [6, 6.07) is 1.16. The van der Waals surface area contributed by atoms with Crippen molar-refractivity contribution < 1.29 is 13.7 Å². The van der Waals surface area contributed by atoms with Gasteiger partial charge in [0.05, 0.1) is 5.75 Å². The maximum Gasteiger partial charge on any atom is 0.226 e. The van der Waals surface area contributed by atoms with Crippen LogP contribution in [0.15, 0.2) is 21.5 Å². The first-order valence-electron chi connectivity index (χ1n) is 3.79. The molecule has 0 amide bonds. The molecule has 0 saturated heterocycles. The molecule has 1 unspecified atom stereocenters. The molecule has 0 bridgehead atoms. The zero-order valence-corrected chi connectivity index (χ0v) is 7.97. The molecule has 0 aliphatic rings. The van der Waals surface area contributed by atoms with E-state index in [2.05, 4.69) is 0 Å². The Morgan fingerprint density at radius 3 is 2.85 bits per heavy atom. The highest BCUT2D eigenvalue weighted by Crippen LogP contribution is 2.05. The minimum absolute atomic E-state index is 0.214. The van der Waals surface area contributed by atoms with Gasteiger partial charge in [0.15, 0.2) is 5.75 Å². The van der Waals surface area contributed by atoms with Crippen LogP contribution < -0.4 is 5.43 Å². The van der Waals surface area contributed by atoms with Gasteiger partial charge < -0.3 is 9.52 Å². The van der Waals surface area contributed by atoms with Gasteiger partial charge in [-0.15, -0.1) is 0 Å². The highest BCUT2D eigenvalue weighted by Gasteiger charge is 2.04. The third-order valence-corrected chi connectivity index (χ3v) is 2.74. The maximum absolute atomic E-state index is 11.1. The molecule has 0 aromatic carbocycles. The van der Waals surface area contributed by atoms with Gasteiger partial charge in [0, 0.05) is 22.6 Å². The van der Waals surface area contributed by atoms with Gasteiger partial charge in [-0.2, -0.15) is 0 Å². The highest BCUT2D eigenvalue weighted by atomic mass is 32.2. The minimum atomic E-state index is -1.01. The normalized spacial score (nSPS) is 12.7. The Balaban J connectivity index is 2.86. The summed E-state index contributed by atoms with van der Waals surface area (Å²) in [5.74, 6) is 0.644. The average Bonchev–Trinajstić information content (AvgIpc) is 2.11. The zero-order chi connectivity index (χ0) is 9.84. The summed E-state index contributed by atoms with van der Waals surface area (Å²) in [6.45, 7) is 1.79. The number of aromatic hydroxyl groups is 1. The fourth-order valence-corrected chi connectivity index (χ4v) is 1.45. The molecule has 13 heavy (non-hydrogen) atoms. The van der Waals surface area contributed by atoms with E-state index in [1.165, 1.54) is 0 Å². The summed E-state index contributed by atoms with van der Waals surface area (Å²) in [4.78, 5) is 10.9. The van der Waals surface area contributed by atoms with Gasteiger partial charge >= 0.3 is 0 Å². The van der Waals surface area contributed by atoms with Crippen molar-refractivity contribution in [3.8, 4) is 5.75 Å². The molecule has 0 aliphatic heterocycles. The van der Waals surface area contributed by atoms with Gasteiger partial charge in [0.1, 0.15) is 12.0 Å². The maximum atomic E-state index is 11.1. The molecule has 4 nitrogen and oxygen atoms in total. The summed E-state index contributed by atoms with van der Waals surface area (Å²) in [6.07, 6.45) is 0.963. The second kappa shape index (κ2) is 4.23. The summed E-state index contributed by atoms with van der Waals surface area (Å²) in [5, 5.41) is 8.85. The molecule has 1 heterocycles. The topological polar surface area (TPSA) is 67.5 Å². The lowest BCUT2D eigenvalue weighted by molar-refractivity contribution is 0.418. The van der Waals surface area contributed by atoms with E-state index in [0.717, 1.165) is 12.3 Å². The molecule has 0 radical (unpaired) electrons. The smallest absolute Gasteiger partial charge is 0.226 e. The van der Waals surface area contributed by atoms with Gasteiger partial charge in [-0.25, -0.2) is 0 Å². The zero-order valence-electron chi connectivity index (χ0n) is 7.15. The van der Waals surface area contributed by atoms with E-state index in [-0.39, 0.29) is 5.75 Å². The van der Waals surface area contributed by atoms with E-state index >= 15 is 0 Å². The predicted molar refractivity (Wildman–Crippen MR) is 49.0 cm³/mol. The quantitative estimate of drug-likeness (QED) is 0.780. The molecule has 0 spiro atoms. The van der Waals surface area contributed by atoms with Gasteiger partial charge in [-0.3, -0.25) is 9.00 Å². The van der Waals surface area contributed by atoms with Crippen molar-refractivity contribution in [2.75, 3.05) is 5.75 Å². The van der Waals surface area contributed by atoms with Crippen molar-refractivity contribution in [2.24, 2.45) is 0 Å². The van der Waals surface area contributed by atoms with Gasteiger partial charge in [0.25, 0.3) is 0 Å². The van der Waals surface area contributed by atoms with E-state index < -0.39 is 22.0 Å². The lowest BCUT2D eigenvalue weighted by Gasteiger charge is -1.98. The van der Waals surface area contributed by atoms with Crippen molar-refractivity contribution in [3.63, 3.8) is 0 Å². The molecule has 1 rings (SSSR count). The van der Waals surface area contributed by atoms with Crippen LogP contribution in [0.3, 0.4) is 0 Å². The molecular formula is C8H10O4S. The Bertz CT molecular complexity index is 369. The SMILES string of the molecule is CCS(=O)Cc1cc(=O)c(O)co1. The molecule has 1 atom stereocenters. The van der Waals surface area contributed by atoms with Crippen LogP contribution in [0.1, 0.15) is 12.7 Å². The summed E-state index contributed by atoms with van der Waals surface area (Å²) >= 11 is 0. The second-order valence-corrected chi connectivity index (χ2v) is 4.21. The van der Waals surface area contributed by atoms with Crippen LogP contribution in [0, 0.1) is 0 Å². The molecule has 1 aromatic rings. The highest BCUT2D eigenvalue weighted by molar-refractivity contribution is 7.84. The second-order valence-electron chi connectivity index (χ2n) is 2.47. The van der Waals surface area contributed by atoms with Crippen LogP contribution in [-0.4, -0.2) is 15.1 Å². The van der Waals surface area contributed by atoms with Crippen LogP contribution in [0.4, 0.5) is 0 Å². The Labute approximate surface area is 77.7 Å². The fourth-order valence-electron chi connectivity index (χ4n) is 0.780.